The summed E-state index contributed by atoms with van der Waals surface area (Å²) in [5, 5.41) is 7.73. The Kier molecular flexibility index (Phi) is 5.58. The lowest BCUT2D eigenvalue weighted by Gasteiger charge is -2.19. The van der Waals surface area contributed by atoms with E-state index in [4.69, 9.17) is 16.3 Å². The average Bonchev–Trinajstić information content (AvgIpc) is 3.10. The highest BCUT2D eigenvalue weighted by Crippen LogP contribution is 2.25. The number of rotatable bonds is 6. The molecule has 6 heteroatoms. The van der Waals surface area contributed by atoms with Gasteiger partial charge in [-0.3, -0.25) is 9.48 Å². The van der Waals surface area contributed by atoms with Gasteiger partial charge in [-0.15, -0.1) is 0 Å². The zero-order valence-electron chi connectivity index (χ0n) is 14.6. The molecule has 0 aliphatic carbocycles. The molecule has 0 spiro atoms. The fraction of sp³-hybridized carbons (Fsp3) is 0.200. The van der Waals surface area contributed by atoms with E-state index in [1.165, 1.54) is 0 Å². The number of ether oxygens (including phenoxy) is 1. The second kappa shape index (κ2) is 8.06. The molecule has 0 fully saturated rings. The number of nitrogens with zero attached hydrogens (tertiary/aromatic N) is 2. The molecule has 0 bridgehead atoms. The lowest BCUT2D eigenvalue weighted by atomic mass is 10.1. The van der Waals surface area contributed by atoms with E-state index < -0.39 is 6.10 Å². The molecule has 134 valence electrons. The predicted octanol–water partition coefficient (Wildman–Crippen LogP) is 4.88. The maximum Gasteiger partial charge on any atom is 0.270 e. The summed E-state index contributed by atoms with van der Waals surface area (Å²) in [4.78, 5) is 12.9. The highest BCUT2D eigenvalue weighted by atomic mass is 35.5. The second-order valence-electron chi connectivity index (χ2n) is 6.15. The van der Waals surface area contributed by atoms with Crippen LogP contribution >= 0.6 is 11.6 Å². The summed E-state index contributed by atoms with van der Waals surface area (Å²) in [5.41, 5.74) is 1.39. The zero-order chi connectivity index (χ0) is 18.5. The van der Waals surface area contributed by atoms with Crippen LogP contribution in [0.1, 0.15) is 31.6 Å². The van der Waals surface area contributed by atoms with Crippen molar-refractivity contribution in [2.24, 2.45) is 0 Å². The van der Waals surface area contributed by atoms with Crippen molar-refractivity contribution in [3.63, 3.8) is 0 Å². The van der Waals surface area contributed by atoms with Crippen LogP contribution in [0.5, 0.6) is 5.75 Å². The highest BCUT2D eigenvalue weighted by Gasteiger charge is 2.23. The molecule has 1 atom stereocenters. The van der Waals surface area contributed by atoms with Gasteiger partial charge in [0.1, 0.15) is 5.75 Å². The third kappa shape index (κ3) is 4.43. The summed E-state index contributed by atoms with van der Waals surface area (Å²) in [7, 11) is 0. The first-order valence-corrected chi connectivity index (χ1v) is 8.73. The first kappa shape index (κ1) is 18.0. The Balaban J connectivity index is 1.82. The Morgan fingerprint density at radius 1 is 1.12 bits per heavy atom. The van der Waals surface area contributed by atoms with E-state index in [9.17, 15) is 4.79 Å². The lowest BCUT2D eigenvalue weighted by Crippen LogP contribution is -2.25. The summed E-state index contributed by atoms with van der Waals surface area (Å²) in [5.74, 6) is 0.297. The maximum atomic E-state index is 12.9. The van der Waals surface area contributed by atoms with E-state index in [0.717, 1.165) is 5.56 Å². The minimum Gasteiger partial charge on any atom is -0.476 e. The summed E-state index contributed by atoms with van der Waals surface area (Å²) in [6, 6.07) is 16.5. The Morgan fingerprint density at radius 3 is 2.42 bits per heavy atom. The molecule has 2 aromatic carbocycles. The minimum absolute atomic E-state index is 0.218. The summed E-state index contributed by atoms with van der Waals surface area (Å²) in [6.45, 7) is 4.05. The van der Waals surface area contributed by atoms with E-state index in [1.54, 1.807) is 41.3 Å². The molecule has 0 aliphatic heterocycles. The number of hydrogen-bond acceptors (Lipinski definition) is 3. The molecular formula is C20H20ClN3O2. The van der Waals surface area contributed by atoms with Crippen molar-refractivity contribution in [3.05, 3.63) is 77.6 Å². The van der Waals surface area contributed by atoms with Crippen molar-refractivity contribution in [2.45, 2.75) is 26.0 Å². The molecule has 5 nitrogen and oxygen atoms in total. The molecule has 1 N–H and O–H groups in total. The van der Waals surface area contributed by atoms with E-state index >= 15 is 0 Å². The van der Waals surface area contributed by atoms with Crippen LogP contribution in [-0.2, 0) is 4.79 Å². The van der Waals surface area contributed by atoms with Crippen molar-refractivity contribution in [1.29, 1.82) is 0 Å². The van der Waals surface area contributed by atoms with Crippen LogP contribution < -0.4 is 10.1 Å². The molecule has 1 amide bonds. The number of halogens is 1. The zero-order valence-corrected chi connectivity index (χ0v) is 15.4. The van der Waals surface area contributed by atoms with Gasteiger partial charge in [-0.05, 0) is 38.1 Å². The van der Waals surface area contributed by atoms with Crippen LogP contribution in [0.3, 0.4) is 0 Å². The lowest BCUT2D eigenvalue weighted by molar-refractivity contribution is -0.123. The van der Waals surface area contributed by atoms with Crippen molar-refractivity contribution >= 4 is 23.2 Å². The van der Waals surface area contributed by atoms with Crippen LogP contribution in [0.15, 0.2) is 67.0 Å². The van der Waals surface area contributed by atoms with Crippen molar-refractivity contribution < 1.29 is 9.53 Å². The second-order valence-corrected chi connectivity index (χ2v) is 6.59. The van der Waals surface area contributed by atoms with E-state index in [-0.39, 0.29) is 11.9 Å². The summed E-state index contributed by atoms with van der Waals surface area (Å²) in [6.07, 6.45) is 2.63. The van der Waals surface area contributed by atoms with Crippen LogP contribution in [0, 0.1) is 0 Å². The fourth-order valence-corrected chi connectivity index (χ4v) is 2.57. The van der Waals surface area contributed by atoms with Gasteiger partial charge in [0.2, 0.25) is 6.10 Å². The number of anilines is 1. The van der Waals surface area contributed by atoms with Gasteiger partial charge in [0.15, 0.2) is 0 Å². The molecule has 1 heterocycles. The van der Waals surface area contributed by atoms with Gasteiger partial charge >= 0.3 is 0 Å². The first-order chi connectivity index (χ1) is 12.5. The fourth-order valence-electron chi connectivity index (χ4n) is 2.44. The van der Waals surface area contributed by atoms with Gasteiger partial charge in [0.05, 0.1) is 11.9 Å². The van der Waals surface area contributed by atoms with E-state index in [2.05, 4.69) is 10.4 Å². The van der Waals surface area contributed by atoms with Crippen LogP contribution in [-0.4, -0.2) is 15.7 Å². The first-order valence-electron chi connectivity index (χ1n) is 8.35. The van der Waals surface area contributed by atoms with Gasteiger partial charge in [-0.2, -0.15) is 5.10 Å². The number of benzene rings is 2. The van der Waals surface area contributed by atoms with Gasteiger partial charge in [0, 0.05) is 22.8 Å². The Bertz CT molecular complexity index is 860. The standard InChI is InChI=1S/C20H20ClN3O2/c1-14(2)24-13-17(12-22-24)23-20(25)19(15-6-4-3-5-7-15)26-18-10-8-16(21)9-11-18/h3-14,19H,1-2H3,(H,23,25). The average molecular weight is 370 g/mol. The normalized spacial score (nSPS) is 12.0. The Hall–Kier alpha value is -2.79. The topological polar surface area (TPSA) is 56.2 Å². The molecular weight excluding hydrogens is 350 g/mol. The maximum absolute atomic E-state index is 12.9. The summed E-state index contributed by atoms with van der Waals surface area (Å²) >= 11 is 5.92. The molecule has 1 unspecified atom stereocenters. The third-order valence-corrected chi connectivity index (χ3v) is 4.06. The number of hydrogen-bond donors (Lipinski definition) is 1. The molecule has 1 aromatic heterocycles. The van der Waals surface area contributed by atoms with Crippen molar-refractivity contribution in [1.82, 2.24) is 9.78 Å². The van der Waals surface area contributed by atoms with Crippen LogP contribution in [0.2, 0.25) is 5.02 Å². The van der Waals surface area contributed by atoms with E-state index in [0.29, 0.717) is 16.5 Å². The minimum atomic E-state index is -0.792. The predicted molar refractivity (Wildman–Crippen MR) is 103 cm³/mol. The molecule has 26 heavy (non-hydrogen) atoms. The molecule has 0 aliphatic rings. The monoisotopic (exact) mass is 369 g/mol. The van der Waals surface area contributed by atoms with Gasteiger partial charge < -0.3 is 10.1 Å². The van der Waals surface area contributed by atoms with Gasteiger partial charge in [0.25, 0.3) is 5.91 Å². The number of aromatic nitrogens is 2. The van der Waals surface area contributed by atoms with Gasteiger partial charge in [-0.25, -0.2) is 0 Å². The number of amides is 1. The number of nitrogens with one attached hydrogen (secondary N) is 1. The van der Waals surface area contributed by atoms with Crippen LogP contribution in [0.4, 0.5) is 5.69 Å². The van der Waals surface area contributed by atoms with Crippen molar-refractivity contribution in [2.75, 3.05) is 5.32 Å². The van der Waals surface area contributed by atoms with Crippen molar-refractivity contribution in [3.8, 4) is 5.75 Å². The molecule has 0 radical (unpaired) electrons. The SMILES string of the molecule is CC(C)n1cc(NC(=O)C(Oc2ccc(Cl)cc2)c2ccccc2)cn1. The molecule has 0 saturated heterocycles. The highest BCUT2D eigenvalue weighted by molar-refractivity contribution is 6.30. The van der Waals surface area contributed by atoms with Gasteiger partial charge in [-0.1, -0.05) is 41.9 Å². The van der Waals surface area contributed by atoms with Crippen LogP contribution in [0.25, 0.3) is 0 Å². The van der Waals surface area contributed by atoms with E-state index in [1.807, 2.05) is 44.2 Å². The number of carbonyl (C=O) groups excluding carboxylic acids is 1. The largest absolute Gasteiger partial charge is 0.476 e. The molecule has 3 aromatic rings. The Labute approximate surface area is 157 Å². The molecule has 3 rings (SSSR count). The smallest absolute Gasteiger partial charge is 0.270 e. The number of carbonyl (C=O) groups is 1. The molecule has 0 saturated carbocycles. The third-order valence-electron chi connectivity index (χ3n) is 3.81. The Morgan fingerprint density at radius 2 is 1.81 bits per heavy atom. The summed E-state index contributed by atoms with van der Waals surface area (Å²) < 4.78 is 7.73. The quantitative estimate of drug-likeness (QED) is 0.674.